The number of fused-ring (bicyclic) bond motifs is 2. The number of hydrogen-bond acceptors (Lipinski definition) is 3. The van der Waals surface area contributed by atoms with Crippen LogP contribution in [0.25, 0.3) is 12.2 Å². The third-order valence-electron chi connectivity index (χ3n) is 2.80. The van der Waals surface area contributed by atoms with Crippen LogP contribution in [0.3, 0.4) is 0 Å². The van der Waals surface area contributed by atoms with Gasteiger partial charge in [0.25, 0.3) is 0 Å². The molecular formula is C14H9ClO3S. The van der Waals surface area contributed by atoms with Gasteiger partial charge in [-0.1, -0.05) is 42.0 Å². The van der Waals surface area contributed by atoms with Crippen LogP contribution in [0, 0.1) is 0 Å². The molecule has 1 aliphatic heterocycles. The van der Waals surface area contributed by atoms with E-state index in [1.807, 2.05) is 0 Å². The van der Waals surface area contributed by atoms with E-state index in [0.717, 1.165) is 0 Å². The Morgan fingerprint density at radius 3 is 2.53 bits per heavy atom. The van der Waals surface area contributed by atoms with E-state index in [9.17, 15) is 8.42 Å². The lowest BCUT2D eigenvalue weighted by molar-refractivity contribution is 0.485. The first kappa shape index (κ1) is 12.3. The van der Waals surface area contributed by atoms with E-state index < -0.39 is 10.1 Å². The number of hydrogen-bond donors (Lipinski definition) is 0. The molecule has 3 nitrogen and oxygen atoms in total. The molecule has 1 aliphatic rings. The maximum absolute atomic E-state index is 12.2. The smallest absolute Gasteiger partial charge is 0.339 e. The van der Waals surface area contributed by atoms with Crippen LogP contribution in [0.1, 0.15) is 11.1 Å². The van der Waals surface area contributed by atoms with Gasteiger partial charge in [0.2, 0.25) is 0 Å². The molecule has 0 aromatic heterocycles. The normalized spacial score (nSPS) is 17.3. The number of halogens is 1. The van der Waals surface area contributed by atoms with Crippen molar-refractivity contribution in [2.75, 3.05) is 0 Å². The highest BCUT2D eigenvalue weighted by Gasteiger charge is 2.22. The molecule has 0 amide bonds. The first-order chi connectivity index (χ1) is 9.06. The molecule has 96 valence electrons. The first-order valence-electron chi connectivity index (χ1n) is 5.57. The van der Waals surface area contributed by atoms with Crippen molar-refractivity contribution in [3.63, 3.8) is 0 Å². The van der Waals surface area contributed by atoms with Crippen LogP contribution >= 0.6 is 11.6 Å². The SMILES string of the molecule is O=S1(=O)Oc2ccc(Cl)cc2/C=C\c2ccccc21. The van der Waals surface area contributed by atoms with E-state index in [0.29, 0.717) is 16.1 Å². The Morgan fingerprint density at radius 2 is 1.68 bits per heavy atom. The molecule has 3 rings (SSSR count). The van der Waals surface area contributed by atoms with Gasteiger partial charge in [0, 0.05) is 10.6 Å². The molecule has 2 aromatic carbocycles. The lowest BCUT2D eigenvalue weighted by Gasteiger charge is -2.14. The fourth-order valence-electron chi connectivity index (χ4n) is 1.91. The topological polar surface area (TPSA) is 43.4 Å². The second-order valence-electron chi connectivity index (χ2n) is 4.09. The van der Waals surface area contributed by atoms with Crippen LogP contribution in [0.5, 0.6) is 5.75 Å². The summed E-state index contributed by atoms with van der Waals surface area (Å²) >= 11 is 5.90. The maximum atomic E-state index is 12.2. The number of rotatable bonds is 0. The molecule has 0 bridgehead atoms. The second-order valence-corrected chi connectivity index (χ2v) is 6.04. The van der Waals surface area contributed by atoms with Gasteiger partial charge in [-0.15, -0.1) is 0 Å². The van der Waals surface area contributed by atoms with E-state index in [1.54, 1.807) is 48.6 Å². The van der Waals surface area contributed by atoms with Gasteiger partial charge in [0.15, 0.2) is 0 Å². The van der Waals surface area contributed by atoms with Crippen molar-refractivity contribution in [1.82, 2.24) is 0 Å². The van der Waals surface area contributed by atoms with Crippen molar-refractivity contribution >= 4 is 33.9 Å². The van der Waals surface area contributed by atoms with E-state index in [-0.39, 0.29) is 10.6 Å². The molecule has 0 N–H and O–H groups in total. The zero-order valence-electron chi connectivity index (χ0n) is 9.71. The fourth-order valence-corrected chi connectivity index (χ4v) is 3.24. The van der Waals surface area contributed by atoms with Gasteiger partial charge in [-0.05, 0) is 29.8 Å². The fraction of sp³-hybridized carbons (Fsp3) is 0. The summed E-state index contributed by atoms with van der Waals surface area (Å²) in [4.78, 5) is 0.159. The molecule has 0 saturated heterocycles. The average Bonchev–Trinajstić information content (AvgIpc) is 2.38. The molecule has 1 heterocycles. The van der Waals surface area contributed by atoms with Crippen LogP contribution in [0.15, 0.2) is 47.4 Å². The third-order valence-corrected chi connectivity index (χ3v) is 4.35. The van der Waals surface area contributed by atoms with Crippen LogP contribution in [0.2, 0.25) is 5.02 Å². The summed E-state index contributed by atoms with van der Waals surface area (Å²) in [6, 6.07) is 11.5. The Hall–Kier alpha value is -1.78. The molecule has 0 radical (unpaired) electrons. The zero-order chi connectivity index (χ0) is 13.5. The van der Waals surface area contributed by atoms with Gasteiger partial charge < -0.3 is 4.18 Å². The van der Waals surface area contributed by atoms with Crippen molar-refractivity contribution in [2.45, 2.75) is 4.90 Å². The molecule has 0 atom stereocenters. The molecule has 2 aromatic rings. The van der Waals surface area contributed by atoms with Crippen LogP contribution in [0.4, 0.5) is 0 Å². The van der Waals surface area contributed by atoms with Crippen molar-refractivity contribution in [3.8, 4) is 5.75 Å². The predicted molar refractivity (Wildman–Crippen MR) is 74.6 cm³/mol. The van der Waals surface area contributed by atoms with Crippen molar-refractivity contribution in [1.29, 1.82) is 0 Å². The predicted octanol–water partition coefficient (Wildman–Crippen LogP) is 3.59. The van der Waals surface area contributed by atoms with E-state index >= 15 is 0 Å². The summed E-state index contributed by atoms with van der Waals surface area (Å²) in [5.41, 5.74) is 1.22. The van der Waals surface area contributed by atoms with Gasteiger partial charge in [-0.25, -0.2) is 0 Å². The summed E-state index contributed by atoms with van der Waals surface area (Å²) in [5.74, 6) is 0.273. The van der Waals surface area contributed by atoms with Crippen molar-refractivity contribution in [2.24, 2.45) is 0 Å². The molecule has 0 saturated carbocycles. The van der Waals surface area contributed by atoms with Crippen LogP contribution < -0.4 is 4.18 Å². The Morgan fingerprint density at radius 1 is 0.947 bits per heavy atom. The summed E-state index contributed by atoms with van der Waals surface area (Å²) in [7, 11) is -3.82. The van der Waals surface area contributed by atoms with Gasteiger partial charge in [-0.3, -0.25) is 0 Å². The van der Waals surface area contributed by atoms with Gasteiger partial charge >= 0.3 is 10.1 Å². The largest absolute Gasteiger partial charge is 0.378 e. The molecule has 0 fully saturated rings. The quantitative estimate of drug-likeness (QED) is 0.697. The van der Waals surface area contributed by atoms with Gasteiger partial charge in [0.1, 0.15) is 10.6 Å². The highest BCUT2D eigenvalue weighted by Crippen LogP contribution is 2.31. The molecule has 5 heteroatoms. The summed E-state index contributed by atoms with van der Waals surface area (Å²) in [5, 5.41) is 0.526. The summed E-state index contributed by atoms with van der Waals surface area (Å²) in [6.07, 6.45) is 3.53. The highest BCUT2D eigenvalue weighted by molar-refractivity contribution is 7.87. The molecule has 0 spiro atoms. The second kappa shape index (κ2) is 4.40. The molecule has 19 heavy (non-hydrogen) atoms. The minimum Gasteiger partial charge on any atom is -0.378 e. The molecule has 0 aliphatic carbocycles. The molecule has 0 unspecified atom stereocenters. The monoisotopic (exact) mass is 292 g/mol. The average molecular weight is 293 g/mol. The Kier molecular flexibility index (Phi) is 2.84. The summed E-state index contributed by atoms with van der Waals surface area (Å²) in [6.45, 7) is 0. The minimum atomic E-state index is -3.82. The highest BCUT2D eigenvalue weighted by atomic mass is 35.5. The van der Waals surface area contributed by atoms with Gasteiger partial charge in [0.05, 0.1) is 0 Å². The zero-order valence-corrected chi connectivity index (χ0v) is 11.3. The lowest BCUT2D eigenvalue weighted by atomic mass is 10.1. The van der Waals surface area contributed by atoms with Crippen molar-refractivity contribution < 1.29 is 12.6 Å². The Balaban J connectivity index is 2.28. The first-order valence-corrected chi connectivity index (χ1v) is 7.36. The molecular weight excluding hydrogens is 284 g/mol. The third kappa shape index (κ3) is 2.25. The maximum Gasteiger partial charge on any atom is 0.339 e. The van der Waals surface area contributed by atoms with Crippen molar-refractivity contribution in [3.05, 3.63) is 58.6 Å². The van der Waals surface area contributed by atoms with E-state index in [4.69, 9.17) is 15.8 Å². The van der Waals surface area contributed by atoms with Crippen LogP contribution in [-0.2, 0) is 10.1 Å². The minimum absolute atomic E-state index is 0.159. The van der Waals surface area contributed by atoms with E-state index in [1.165, 1.54) is 6.07 Å². The van der Waals surface area contributed by atoms with E-state index in [2.05, 4.69) is 0 Å². The summed E-state index contributed by atoms with van der Waals surface area (Å²) < 4.78 is 29.6. The Bertz CT molecular complexity index is 779. The van der Waals surface area contributed by atoms with Crippen LogP contribution in [-0.4, -0.2) is 8.42 Å². The lowest BCUT2D eigenvalue weighted by Crippen LogP contribution is -2.12. The number of benzene rings is 2. The van der Waals surface area contributed by atoms with Gasteiger partial charge in [-0.2, -0.15) is 8.42 Å². The standard InChI is InChI=1S/C14H9ClO3S/c15-12-7-8-13-11(9-12)6-5-10-3-1-2-4-14(10)19(16,17)18-13/h1-9H/b6-5-. The Labute approximate surface area is 116 Å².